The molecule has 36 heavy (non-hydrogen) atoms. The molecule has 0 unspecified atom stereocenters. The fourth-order valence-electron chi connectivity index (χ4n) is 5.66. The molecule has 9 nitrogen and oxygen atoms in total. The summed E-state index contributed by atoms with van der Waals surface area (Å²) in [5.74, 6) is 2.83. The summed E-state index contributed by atoms with van der Waals surface area (Å²) in [6, 6.07) is 10.1. The molecule has 7 rings (SSSR count). The van der Waals surface area contributed by atoms with Gasteiger partial charge in [-0.2, -0.15) is 0 Å². The number of benzene rings is 1. The molecule has 2 aliphatic heterocycles. The van der Waals surface area contributed by atoms with Crippen LogP contribution in [0, 0.1) is 12.8 Å². The van der Waals surface area contributed by atoms with Crippen LogP contribution in [0.2, 0.25) is 0 Å². The maximum atomic E-state index is 12.6. The molecule has 1 saturated carbocycles. The van der Waals surface area contributed by atoms with Crippen LogP contribution in [-0.4, -0.2) is 51.3 Å². The number of carbonyl (C=O) groups excluding carboxylic acids is 1. The third kappa shape index (κ3) is 3.37. The maximum Gasteiger partial charge on any atom is 0.223 e. The van der Waals surface area contributed by atoms with Gasteiger partial charge in [0.15, 0.2) is 5.75 Å². The average molecular weight is 485 g/mol. The van der Waals surface area contributed by atoms with Crippen LogP contribution in [0.15, 0.2) is 47.2 Å². The Balaban J connectivity index is 1.31. The summed E-state index contributed by atoms with van der Waals surface area (Å²) in [7, 11) is 0. The van der Waals surface area contributed by atoms with Crippen molar-refractivity contribution in [1.82, 2.24) is 25.0 Å². The Morgan fingerprint density at radius 2 is 2.06 bits per heavy atom. The number of hydrogen-bond donors (Lipinski definition) is 1. The van der Waals surface area contributed by atoms with Crippen molar-refractivity contribution < 1.29 is 14.1 Å². The lowest BCUT2D eigenvalue weighted by Crippen LogP contribution is -2.42. The highest BCUT2D eigenvalue weighted by atomic mass is 16.5. The van der Waals surface area contributed by atoms with Gasteiger partial charge in [-0.15, -0.1) is 0 Å². The van der Waals surface area contributed by atoms with Crippen molar-refractivity contribution in [3.8, 4) is 16.9 Å². The van der Waals surface area contributed by atoms with Crippen molar-refractivity contribution >= 4 is 22.9 Å². The number of pyridine rings is 1. The Bertz CT molecular complexity index is 1440. The van der Waals surface area contributed by atoms with Gasteiger partial charge >= 0.3 is 0 Å². The van der Waals surface area contributed by atoms with Crippen LogP contribution in [0.4, 0.5) is 5.95 Å². The van der Waals surface area contributed by atoms with E-state index in [0.717, 1.165) is 84.1 Å². The molecule has 184 valence electrons. The van der Waals surface area contributed by atoms with E-state index in [4.69, 9.17) is 14.2 Å². The minimum absolute atomic E-state index is 0.110. The zero-order valence-electron chi connectivity index (χ0n) is 20.2. The Kier molecular flexibility index (Phi) is 4.97. The number of aryl methyl sites for hydroxylation is 1. The lowest BCUT2D eigenvalue weighted by Gasteiger charge is -2.30. The molecule has 1 amide bonds. The molecule has 0 spiro atoms. The number of rotatable bonds is 5. The van der Waals surface area contributed by atoms with Crippen molar-refractivity contribution in [1.29, 1.82) is 0 Å². The minimum atomic E-state index is -0.110. The highest BCUT2D eigenvalue weighted by Crippen LogP contribution is 2.45. The highest BCUT2D eigenvalue weighted by Gasteiger charge is 2.36. The van der Waals surface area contributed by atoms with Crippen LogP contribution in [0.25, 0.3) is 22.2 Å². The lowest BCUT2D eigenvalue weighted by atomic mass is 9.84. The number of carbonyl (C=O) groups is 1. The van der Waals surface area contributed by atoms with Gasteiger partial charge in [0.05, 0.1) is 17.4 Å². The van der Waals surface area contributed by atoms with Crippen LogP contribution < -0.4 is 15.0 Å². The first-order chi connectivity index (χ1) is 17.7. The van der Waals surface area contributed by atoms with Gasteiger partial charge < -0.3 is 19.5 Å². The first kappa shape index (κ1) is 21.4. The third-order valence-electron chi connectivity index (χ3n) is 7.85. The normalized spacial score (nSPS) is 21.4. The van der Waals surface area contributed by atoms with E-state index in [0.29, 0.717) is 6.61 Å². The zero-order chi connectivity index (χ0) is 24.2. The zero-order valence-corrected chi connectivity index (χ0v) is 20.2. The summed E-state index contributed by atoms with van der Waals surface area (Å²) in [5.41, 5.74) is 4.62. The standard InChI is InChI=1S/C27H28N6O3/c1-16-20(13-29-36-16)19-8-9-22-24-25(19)35-15-23(21-7-2-3-11-28-21)33(24)27(31-22)32-12-10-18(14-32)30-26(34)17-5-4-6-17/h2-3,7-9,11,13,17-18,23H,4-6,10,12,14-15H2,1H3,(H,30,34)/t18-,23-/m1/s1. The fraction of sp³-hybridized carbons (Fsp3) is 0.407. The van der Waals surface area contributed by atoms with Crippen molar-refractivity contribution in [3.63, 3.8) is 0 Å². The Morgan fingerprint density at radius 3 is 2.81 bits per heavy atom. The SMILES string of the molecule is Cc1oncc1-c1ccc2nc(N3CC[C@@H](NC(=O)C4CCC4)C3)n3c2c1OC[C@@H]3c1ccccn1. The molecule has 2 fully saturated rings. The highest BCUT2D eigenvalue weighted by molar-refractivity contribution is 5.93. The number of aromatic nitrogens is 4. The molecule has 9 heteroatoms. The van der Waals surface area contributed by atoms with E-state index in [-0.39, 0.29) is 23.9 Å². The van der Waals surface area contributed by atoms with Gasteiger partial charge in [-0.05, 0) is 50.5 Å². The van der Waals surface area contributed by atoms with E-state index in [1.807, 2.05) is 43.5 Å². The summed E-state index contributed by atoms with van der Waals surface area (Å²) in [4.78, 5) is 24.6. The number of nitrogens with one attached hydrogen (secondary N) is 1. The molecule has 1 N–H and O–H groups in total. The molecule has 1 saturated heterocycles. The monoisotopic (exact) mass is 484 g/mol. The molecule has 2 atom stereocenters. The van der Waals surface area contributed by atoms with Gasteiger partial charge in [-0.1, -0.05) is 17.6 Å². The molecule has 5 heterocycles. The van der Waals surface area contributed by atoms with Crippen molar-refractivity contribution in [2.75, 3.05) is 24.6 Å². The number of ether oxygens (including phenoxy) is 1. The summed E-state index contributed by atoms with van der Waals surface area (Å²) in [6.07, 6.45) is 7.65. The van der Waals surface area contributed by atoms with E-state index in [9.17, 15) is 4.79 Å². The second kappa shape index (κ2) is 8.36. The van der Waals surface area contributed by atoms with Gasteiger partial charge in [0.25, 0.3) is 0 Å². The number of amides is 1. The molecular weight excluding hydrogens is 456 g/mol. The van der Waals surface area contributed by atoms with Gasteiger partial charge in [0.1, 0.15) is 23.9 Å². The topological polar surface area (TPSA) is 98.3 Å². The van der Waals surface area contributed by atoms with Gasteiger partial charge in [0.2, 0.25) is 11.9 Å². The molecule has 1 aliphatic carbocycles. The Hall–Kier alpha value is -3.88. The number of nitrogens with zero attached hydrogens (tertiary/aromatic N) is 5. The average Bonchev–Trinajstić information content (AvgIpc) is 3.59. The van der Waals surface area contributed by atoms with Crippen LogP contribution in [-0.2, 0) is 4.79 Å². The molecule has 0 bridgehead atoms. The van der Waals surface area contributed by atoms with Crippen LogP contribution in [0.1, 0.15) is 43.2 Å². The maximum absolute atomic E-state index is 12.6. The summed E-state index contributed by atoms with van der Waals surface area (Å²) in [6.45, 7) is 3.93. The Labute approximate surface area is 208 Å². The molecule has 3 aromatic heterocycles. The molecule has 1 aromatic carbocycles. The number of hydrogen-bond acceptors (Lipinski definition) is 7. The number of anilines is 1. The third-order valence-corrected chi connectivity index (χ3v) is 7.85. The predicted octanol–water partition coefficient (Wildman–Crippen LogP) is 3.87. The summed E-state index contributed by atoms with van der Waals surface area (Å²) >= 11 is 0. The molecule has 3 aliphatic rings. The summed E-state index contributed by atoms with van der Waals surface area (Å²) < 4.78 is 14.0. The van der Waals surface area contributed by atoms with E-state index >= 15 is 0 Å². The van der Waals surface area contributed by atoms with Crippen molar-refractivity contribution in [2.24, 2.45) is 5.92 Å². The lowest BCUT2D eigenvalue weighted by molar-refractivity contribution is -0.127. The molecular formula is C27H28N6O3. The van der Waals surface area contributed by atoms with Crippen molar-refractivity contribution in [3.05, 3.63) is 54.2 Å². The first-order valence-electron chi connectivity index (χ1n) is 12.7. The van der Waals surface area contributed by atoms with Crippen LogP contribution in [0.5, 0.6) is 5.75 Å². The van der Waals surface area contributed by atoms with E-state index in [1.165, 1.54) is 0 Å². The predicted molar refractivity (Wildman–Crippen MR) is 134 cm³/mol. The minimum Gasteiger partial charge on any atom is -0.488 e. The van der Waals surface area contributed by atoms with E-state index in [1.54, 1.807) is 6.20 Å². The smallest absolute Gasteiger partial charge is 0.223 e. The molecule has 4 aromatic rings. The van der Waals surface area contributed by atoms with Crippen molar-refractivity contribution in [2.45, 2.75) is 44.7 Å². The largest absolute Gasteiger partial charge is 0.488 e. The van der Waals surface area contributed by atoms with Gasteiger partial charge in [0, 0.05) is 42.4 Å². The van der Waals surface area contributed by atoms with E-state index in [2.05, 4.69) is 24.9 Å². The second-order valence-corrected chi connectivity index (χ2v) is 10.0. The summed E-state index contributed by atoms with van der Waals surface area (Å²) in [5, 5.41) is 7.26. The van der Waals surface area contributed by atoms with E-state index < -0.39 is 0 Å². The van der Waals surface area contributed by atoms with Gasteiger partial charge in [-0.25, -0.2) is 4.98 Å². The first-order valence-corrected chi connectivity index (χ1v) is 12.7. The fourth-order valence-corrected chi connectivity index (χ4v) is 5.66. The molecule has 0 radical (unpaired) electrons. The quantitative estimate of drug-likeness (QED) is 0.459. The van der Waals surface area contributed by atoms with Crippen LogP contribution >= 0.6 is 0 Å². The second-order valence-electron chi connectivity index (χ2n) is 10.0. The Morgan fingerprint density at radius 1 is 1.14 bits per heavy atom. The van der Waals surface area contributed by atoms with Crippen LogP contribution in [0.3, 0.4) is 0 Å². The number of imidazole rings is 1. The van der Waals surface area contributed by atoms with Gasteiger partial charge in [-0.3, -0.25) is 14.3 Å².